The predicted molar refractivity (Wildman–Crippen MR) is 70.4 cm³/mol. The van der Waals surface area contributed by atoms with E-state index >= 15 is 0 Å². The molecule has 0 saturated heterocycles. The second-order valence-corrected chi connectivity index (χ2v) is 4.53. The Balaban J connectivity index is 2.03. The lowest BCUT2D eigenvalue weighted by Gasteiger charge is -2.07. The molecule has 0 saturated carbocycles. The van der Waals surface area contributed by atoms with E-state index < -0.39 is 0 Å². The Morgan fingerprint density at radius 3 is 2.88 bits per heavy atom. The lowest BCUT2D eigenvalue weighted by atomic mass is 10.1. The second-order valence-electron chi connectivity index (χ2n) is 3.68. The molecule has 0 bridgehead atoms. The van der Waals surface area contributed by atoms with Gasteiger partial charge in [-0.1, -0.05) is 28.1 Å². The fraction of sp³-hybridized carbons (Fsp3) is 0.154. The average molecular weight is 277 g/mol. The first-order chi connectivity index (χ1) is 7.75. The van der Waals surface area contributed by atoms with Gasteiger partial charge >= 0.3 is 0 Å². The summed E-state index contributed by atoms with van der Waals surface area (Å²) in [7, 11) is 0. The summed E-state index contributed by atoms with van der Waals surface area (Å²) >= 11 is 3.49. The minimum Gasteiger partial charge on any atom is -0.380 e. The first kappa shape index (κ1) is 11.1. The van der Waals surface area contributed by atoms with Crippen LogP contribution in [0.3, 0.4) is 0 Å². The van der Waals surface area contributed by atoms with Crippen LogP contribution in [0.1, 0.15) is 11.1 Å². The summed E-state index contributed by atoms with van der Waals surface area (Å²) in [5.74, 6) is 0. The van der Waals surface area contributed by atoms with E-state index in [4.69, 9.17) is 0 Å². The molecule has 2 aromatic rings. The molecule has 1 N–H and O–H groups in total. The Labute approximate surface area is 104 Å². The molecule has 0 amide bonds. The number of aromatic nitrogens is 1. The number of nitrogens with zero attached hydrogens (tertiary/aromatic N) is 1. The molecule has 0 spiro atoms. The summed E-state index contributed by atoms with van der Waals surface area (Å²) in [6.07, 6.45) is 3.60. The van der Waals surface area contributed by atoms with Crippen molar-refractivity contribution in [3.63, 3.8) is 0 Å². The number of halogens is 1. The van der Waals surface area contributed by atoms with E-state index in [2.05, 4.69) is 51.4 Å². The van der Waals surface area contributed by atoms with Gasteiger partial charge in [-0.3, -0.25) is 4.98 Å². The van der Waals surface area contributed by atoms with Gasteiger partial charge < -0.3 is 5.32 Å². The van der Waals surface area contributed by atoms with E-state index in [1.54, 1.807) is 6.20 Å². The molecule has 1 heterocycles. The molecule has 0 aliphatic carbocycles. The monoisotopic (exact) mass is 276 g/mol. The summed E-state index contributed by atoms with van der Waals surface area (Å²) in [6.45, 7) is 2.91. The summed E-state index contributed by atoms with van der Waals surface area (Å²) in [6, 6.07) is 10.3. The Bertz CT molecular complexity index is 469. The highest BCUT2D eigenvalue weighted by Crippen LogP contribution is 2.17. The van der Waals surface area contributed by atoms with Gasteiger partial charge in [0.1, 0.15) is 0 Å². The summed E-state index contributed by atoms with van der Waals surface area (Å²) in [5.41, 5.74) is 3.57. The molecule has 82 valence electrons. The molecular weight excluding hydrogens is 264 g/mol. The topological polar surface area (TPSA) is 24.9 Å². The number of hydrogen-bond donors (Lipinski definition) is 1. The number of rotatable bonds is 3. The van der Waals surface area contributed by atoms with Gasteiger partial charge in [-0.2, -0.15) is 0 Å². The van der Waals surface area contributed by atoms with Gasteiger partial charge in [-0.15, -0.1) is 0 Å². The highest BCUT2D eigenvalue weighted by molar-refractivity contribution is 9.10. The summed E-state index contributed by atoms with van der Waals surface area (Å²) < 4.78 is 1.15. The first-order valence-electron chi connectivity index (χ1n) is 5.14. The molecule has 0 aliphatic rings. The van der Waals surface area contributed by atoms with E-state index in [0.717, 1.165) is 16.7 Å². The molecule has 1 aromatic carbocycles. The molecule has 16 heavy (non-hydrogen) atoms. The number of benzene rings is 1. The van der Waals surface area contributed by atoms with E-state index in [-0.39, 0.29) is 0 Å². The maximum Gasteiger partial charge on any atom is 0.0529 e. The molecule has 0 unspecified atom stereocenters. The average Bonchev–Trinajstić information content (AvgIpc) is 2.32. The van der Waals surface area contributed by atoms with Crippen molar-refractivity contribution >= 4 is 21.6 Å². The van der Waals surface area contributed by atoms with Crippen LogP contribution in [0, 0.1) is 6.92 Å². The van der Waals surface area contributed by atoms with Gasteiger partial charge in [0.15, 0.2) is 0 Å². The van der Waals surface area contributed by atoms with Crippen molar-refractivity contribution in [3.05, 3.63) is 58.3 Å². The highest BCUT2D eigenvalue weighted by Gasteiger charge is 1.97. The van der Waals surface area contributed by atoms with Gasteiger partial charge in [0.2, 0.25) is 0 Å². The summed E-state index contributed by atoms with van der Waals surface area (Å²) in [4.78, 5) is 4.06. The lowest BCUT2D eigenvalue weighted by molar-refractivity contribution is 1.13. The molecule has 0 radical (unpaired) electrons. The zero-order valence-electron chi connectivity index (χ0n) is 9.07. The van der Waals surface area contributed by atoms with Crippen LogP contribution in [0.15, 0.2) is 47.2 Å². The van der Waals surface area contributed by atoms with Crippen LogP contribution in [0.25, 0.3) is 0 Å². The molecular formula is C13H13BrN2. The third-order valence-corrected chi connectivity index (χ3v) is 3.27. The number of nitrogens with one attached hydrogen (secondary N) is 1. The van der Waals surface area contributed by atoms with E-state index in [1.807, 2.05) is 18.3 Å². The second kappa shape index (κ2) is 5.12. The Hall–Kier alpha value is -1.35. The van der Waals surface area contributed by atoms with Gasteiger partial charge in [-0.05, 0) is 36.2 Å². The van der Waals surface area contributed by atoms with Crippen molar-refractivity contribution in [1.29, 1.82) is 0 Å². The van der Waals surface area contributed by atoms with Gasteiger partial charge in [0.25, 0.3) is 0 Å². The smallest absolute Gasteiger partial charge is 0.0529 e. The van der Waals surface area contributed by atoms with Crippen LogP contribution in [-0.2, 0) is 6.54 Å². The van der Waals surface area contributed by atoms with Crippen LogP contribution in [0.4, 0.5) is 5.69 Å². The molecule has 3 heteroatoms. The van der Waals surface area contributed by atoms with E-state index in [1.165, 1.54) is 11.1 Å². The summed E-state index contributed by atoms with van der Waals surface area (Å²) in [5, 5.41) is 3.33. The normalized spacial score (nSPS) is 10.1. The minimum atomic E-state index is 0.819. The van der Waals surface area contributed by atoms with Crippen molar-refractivity contribution in [2.75, 3.05) is 5.32 Å². The van der Waals surface area contributed by atoms with E-state index in [0.29, 0.717) is 0 Å². The number of anilines is 1. The maximum absolute atomic E-state index is 4.06. The van der Waals surface area contributed by atoms with Gasteiger partial charge in [0.05, 0.1) is 5.69 Å². The standard InChI is InChI=1S/C13H13BrN2/c1-10-7-11(4-5-13(10)14)8-16-12-3-2-6-15-9-12/h2-7,9,16H,8H2,1H3. The molecule has 2 rings (SSSR count). The quantitative estimate of drug-likeness (QED) is 0.923. The van der Waals surface area contributed by atoms with Gasteiger partial charge in [-0.25, -0.2) is 0 Å². The fourth-order valence-corrected chi connectivity index (χ4v) is 1.73. The SMILES string of the molecule is Cc1cc(CNc2cccnc2)ccc1Br. The largest absolute Gasteiger partial charge is 0.380 e. The zero-order chi connectivity index (χ0) is 11.4. The Morgan fingerprint density at radius 2 is 2.19 bits per heavy atom. The Kier molecular flexibility index (Phi) is 3.57. The zero-order valence-corrected chi connectivity index (χ0v) is 10.7. The fourth-order valence-electron chi connectivity index (χ4n) is 1.49. The number of pyridine rings is 1. The van der Waals surface area contributed by atoms with Crippen LogP contribution < -0.4 is 5.32 Å². The molecule has 1 aromatic heterocycles. The van der Waals surface area contributed by atoms with Crippen molar-refractivity contribution < 1.29 is 0 Å². The molecule has 2 nitrogen and oxygen atoms in total. The maximum atomic E-state index is 4.06. The third kappa shape index (κ3) is 2.83. The van der Waals surface area contributed by atoms with Crippen molar-refractivity contribution in [1.82, 2.24) is 4.98 Å². The minimum absolute atomic E-state index is 0.819. The van der Waals surface area contributed by atoms with Gasteiger partial charge in [0, 0.05) is 23.4 Å². The first-order valence-corrected chi connectivity index (χ1v) is 5.94. The van der Waals surface area contributed by atoms with Crippen molar-refractivity contribution in [3.8, 4) is 0 Å². The lowest BCUT2D eigenvalue weighted by Crippen LogP contribution is -1.99. The Morgan fingerprint density at radius 1 is 1.31 bits per heavy atom. The number of aryl methyl sites for hydroxylation is 1. The molecule has 0 aliphatic heterocycles. The van der Waals surface area contributed by atoms with E-state index in [9.17, 15) is 0 Å². The highest BCUT2D eigenvalue weighted by atomic mass is 79.9. The van der Waals surface area contributed by atoms with Crippen molar-refractivity contribution in [2.24, 2.45) is 0 Å². The molecule has 0 atom stereocenters. The van der Waals surface area contributed by atoms with Crippen LogP contribution >= 0.6 is 15.9 Å². The predicted octanol–water partition coefficient (Wildman–Crippen LogP) is 3.76. The number of hydrogen-bond acceptors (Lipinski definition) is 2. The van der Waals surface area contributed by atoms with Crippen LogP contribution in [0.5, 0.6) is 0 Å². The van der Waals surface area contributed by atoms with Crippen molar-refractivity contribution in [2.45, 2.75) is 13.5 Å². The van der Waals surface area contributed by atoms with Crippen LogP contribution in [0.2, 0.25) is 0 Å². The third-order valence-electron chi connectivity index (χ3n) is 2.38. The van der Waals surface area contributed by atoms with Crippen LogP contribution in [-0.4, -0.2) is 4.98 Å². The molecule has 0 fully saturated rings.